The zero-order valence-corrected chi connectivity index (χ0v) is 9.90. The number of aliphatic hydroxyl groups is 1. The largest absolute Gasteiger partial charge is 0.387 e. The molecular formula is C13H21NO. The Kier molecular flexibility index (Phi) is 4.76. The number of aliphatic hydroxyl groups excluding tert-OH is 1. The van der Waals surface area contributed by atoms with Crippen molar-refractivity contribution in [3.8, 4) is 0 Å². The first-order valence-electron chi connectivity index (χ1n) is 5.70. The standard InChI is InChI=1S/C13H21NO/c1-10(2)5-4-6-13(15)12-8-7-11(3)9-14-12/h7-10,13,15H,4-6H2,1-3H3. The number of hydrogen-bond donors (Lipinski definition) is 1. The van der Waals surface area contributed by atoms with Gasteiger partial charge in [-0.15, -0.1) is 0 Å². The van der Waals surface area contributed by atoms with Crippen LogP contribution in [0.2, 0.25) is 0 Å². The summed E-state index contributed by atoms with van der Waals surface area (Å²) in [6.07, 6.45) is 4.45. The molecule has 1 atom stereocenters. The fourth-order valence-corrected chi connectivity index (χ4v) is 1.54. The van der Waals surface area contributed by atoms with Crippen LogP contribution >= 0.6 is 0 Å². The monoisotopic (exact) mass is 207 g/mol. The Hall–Kier alpha value is -0.890. The molecule has 1 rings (SSSR count). The number of hydrogen-bond acceptors (Lipinski definition) is 2. The molecule has 0 spiro atoms. The van der Waals surface area contributed by atoms with E-state index in [1.807, 2.05) is 19.1 Å². The van der Waals surface area contributed by atoms with Gasteiger partial charge in [0.1, 0.15) is 0 Å². The Morgan fingerprint density at radius 1 is 1.27 bits per heavy atom. The minimum Gasteiger partial charge on any atom is -0.387 e. The maximum Gasteiger partial charge on any atom is 0.0959 e. The third kappa shape index (κ3) is 4.43. The normalized spacial score (nSPS) is 13.1. The number of rotatable bonds is 5. The van der Waals surface area contributed by atoms with Gasteiger partial charge in [0.25, 0.3) is 0 Å². The highest BCUT2D eigenvalue weighted by Gasteiger charge is 2.08. The number of aryl methyl sites for hydroxylation is 1. The number of nitrogens with zero attached hydrogens (tertiary/aromatic N) is 1. The molecule has 1 N–H and O–H groups in total. The summed E-state index contributed by atoms with van der Waals surface area (Å²) >= 11 is 0. The highest BCUT2D eigenvalue weighted by Crippen LogP contribution is 2.18. The average molecular weight is 207 g/mol. The van der Waals surface area contributed by atoms with Crippen molar-refractivity contribution in [1.29, 1.82) is 0 Å². The van der Waals surface area contributed by atoms with E-state index < -0.39 is 6.10 Å². The van der Waals surface area contributed by atoms with E-state index in [4.69, 9.17) is 0 Å². The van der Waals surface area contributed by atoms with Gasteiger partial charge in [0.15, 0.2) is 0 Å². The molecule has 2 heteroatoms. The Balaban J connectivity index is 2.40. The van der Waals surface area contributed by atoms with Gasteiger partial charge in [-0.2, -0.15) is 0 Å². The summed E-state index contributed by atoms with van der Waals surface area (Å²) in [7, 11) is 0. The van der Waals surface area contributed by atoms with Crippen LogP contribution in [0.15, 0.2) is 18.3 Å². The van der Waals surface area contributed by atoms with Crippen molar-refractivity contribution >= 4 is 0 Å². The SMILES string of the molecule is Cc1ccc(C(O)CCCC(C)C)nc1. The third-order valence-electron chi connectivity index (χ3n) is 2.53. The predicted molar refractivity (Wildman–Crippen MR) is 62.6 cm³/mol. The molecular weight excluding hydrogens is 186 g/mol. The van der Waals surface area contributed by atoms with Crippen LogP contribution in [-0.2, 0) is 0 Å². The maximum absolute atomic E-state index is 9.86. The van der Waals surface area contributed by atoms with Crippen molar-refractivity contribution in [2.24, 2.45) is 5.92 Å². The van der Waals surface area contributed by atoms with Gasteiger partial charge >= 0.3 is 0 Å². The molecule has 0 fully saturated rings. The molecule has 1 unspecified atom stereocenters. The molecule has 0 aromatic carbocycles. The predicted octanol–water partition coefficient (Wildman–Crippen LogP) is 3.25. The molecule has 0 amide bonds. The van der Waals surface area contributed by atoms with Gasteiger partial charge in [0.05, 0.1) is 11.8 Å². The van der Waals surface area contributed by atoms with Crippen LogP contribution in [0.1, 0.15) is 50.5 Å². The van der Waals surface area contributed by atoms with Crippen LogP contribution in [0.25, 0.3) is 0 Å². The lowest BCUT2D eigenvalue weighted by Crippen LogP contribution is -2.01. The topological polar surface area (TPSA) is 33.1 Å². The van der Waals surface area contributed by atoms with Gasteiger partial charge in [-0.05, 0) is 30.9 Å². The lowest BCUT2D eigenvalue weighted by atomic mass is 10.0. The maximum atomic E-state index is 9.86. The van der Waals surface area contributed by atoms with E-state index in [9.17, 15) is 5.11 Å². The fourth-order valence-electron chi connectivity index (χ4n) is 1.54. The minimum absolute atomic E-state index is 0.399. The number of aromatic nitrogens is 1. The molecule has 0 aliphatic carbocycles. The molecule has 1 aromatic rings. The first-order chi connectivity index (χ1) is 7.09. The van der Waals surface area contributed by atoms with Crippen LogP contribution in [0.5, 0.6) is 0 Å². The van der Waals surface area contributed by atoms with E-state index in [1.54, 1.807) is 6.20 Å². The summed E-state index contributed by atoms with van der Waals surface area (Å²) < 4.78 is 0. The van der Waals surface area contributed by atoms with Gasteiger partial charge in [-0.25, -0.2) is 0 Å². The molecule has 1 aromatic heterocycles. The third-order valence-corrected chi connectivity index (χ3v) is 2.53. The quantitative estimate of drug-likeness (QED) is 0.804. The van der Waals surface area contributed by atoms with E-state index >= 15 is 0 Å². The minimum atomic E-state index is -0.399. The molecule has 0 aliphatic rings. The van der Waals surface area contributed by atoms with Gasteiger partial charge in [-0.1, -0.05) is 32.8 Å². The van der Waals surface area contributed by atoms with Gasteiger partial charge in [0.2, 0.25) is 0 Å². The van der Waals surface area contributed by atoms with Crippen molar-refractivity contribution in [2.75, 3.05) is 0 Å². The molecule has 2 nitrogen and oxygen atoms in total. The van der Waals surface area contributed by atoms with Gasteiger partial charge < -0.3 is 5.11 Å². The van der Waals surface area contributed by atoms with Gasteiger partial charge in [0, 0.05) is 6.20 Å². The zero-order chi connectivity index (χ0) is 11.3. The summed E-state index contributed by atoms with van der Waals surface area (Å²) in [4.78, 5) is 4.23. The second-order valence-electron chi connectivity index (χ2n) is 4.60. The second kappa shape index (κ2) is 5.86. The smallest absolute Gasteiger partial charge is 0.0959 e. The van der Waals surface area contributed by atoms with Crippen LogP contribution in [0, 0.1) is 12.8 Å². The van der Waals surface area contributed by atoms with E-state index in [-0.39, 0.29) is 0 Å². The molecule has 0 radical (unpaired) electrons. The lowest BCUT2D eigenvalue weighted by molar-refractivity contribution is 0.157. The van der Waals surface area contributed by atoms with Crippen LogP contribution in [-0.4, -0.2) is 10.1 Å². The molecule has 0 bridgehead atoms. The summed E-state index contributed by atoms with van der Waals surface area (Å²) in [5.74, 6) is 0.711. The second-order valence-corrected chi connectivity index (χ2v) is 4.60. The average Bonchev–Trinajstić information content (AvgIpc) is 2.18. The molecule has 0 saturated carbocycles. The molecule has 84 valence electrons. The van der Waals surface area contributed by atoms with E-state index in [2.05, 4.69) is 18.8 Å². The van der Waals surface area contributed by atoms with Crippen molar-refractivity contribution in [3.63, 3.8) is 0 Å². The molecule has 0 aliphatic heterocycles. The van der Waals surface area contributed by atoms with E-state index in [1.165, 1.54) is 6.42 Å². The van der Waals surface area contributed by atoms with Crippen molar-refractivity contribution in [3.05, 3.63) is 29.6 Å². The molecule has 1 heterocycles. The molecule has 15 heavy (non-hydrogen) atoms. The number of pyridine rings is 1. The van der Waals surface area contributed by atoms with Crippen molar-refractivity contribution in [1.82, 2.24) is 4.98 Å². The molecule has 0 saturated heterocycles. The lowest BCUT2D eigenvalue weighted by Gasteiger charge is -2.11. The Morgan fingerprint density at radius 3 is 2.53 bits per heavy atom. The van der Waals surface area contributed by atoms with E-state index in [0.717, 1.165) is 24.1 Å². The van der Waals surface area contributed by atoms with E-state index in [0.29, 0.717) is 5.92 Å². The van der Waals surface area contributed by atoms with Crippen molar-refractivity contribution < 1.29 is 5.11 Å². The Labute approximate surface area is 92.4 Å². The summed E-state index contributed by atoms with van der Waals surface area (Å²) in [6, 6.07) is 3.91. The first kappa shape index (κ1) is 12.2. The first-order valence-corrected chi connectivity index (χ1v) is 5.70. The zero-order valence-electron chi connectivity index (χ0n) is 9.90. The van der Waals surface area contributed by atoms with Crippen LogP contribution in [0.4, 0.5) is 0 Å². The highest BCUT2D eigenvalue weighted by atomic mass is 16.3. The van der Waals surface area contributed by atoms with Crippen LogP contribution < -0.4 is 0 Å². The summed E-state index contributed by atoms with van der Waals surface area (Å²) in [5, 5.41) is 9.86. The highest BCUT2D eigenvalue weighted by molar-refractivity contribution is 5.13. The Bertz CT molecular complexity index is 279. The summed E-state index contributed by atoms with van der Waals surface area (Å²) in [5.41, 5.74) is 1.93. The van der Waals surface area contributed by atoms with Crippen LogP contribution in [0.3, 0.4) is 0 Å². The fraction of sp³-hybridized carbons (Fsp3) is 0.615. The van der Waals surface area contributed by atoms with Crippen molar-refractivity contribution in [2.45, 2.75) is 46.1 Å². The Morgan fingerprint density at radius 2 is 2.00 bits per heavy atom. The van der Waals surface area contributed by atoms with Gasteiger partial charge in [-0.3, -0.25) is 4.98 Å². The summed E-state index contributed by atoms with van der Waals surface area (Å²) in [6.45, 7) is 6.41.